The highest BCUT2D eigenvalue weighted by atomic mass is 32.1. The number of benzene rings is 1. The van der Waals surface area contributed by atoms with E-state index >= 15 is 0 Å². The van der Waals surface area contributed by atoms with Gasteiger partial charge in [0.05, 0.1) is 36.2 Å². The van der Waals surface area contributed by atoms with Gasteiger partial charge in [0.1, 0.15) is 6.04 Å². The average Bonchev–Trinajstić information content (AvgIpc) is 3.37. The fraction of sp³-hybridized carbons (Fsp3) is 0.250. The van der Waals surface area contributed by atoms with Gasteiger partial charge in [0, 0.05) is 13.0 Å². The van der Waals surface area contributed by atoms with Crippen LogP contribution in [0.15, 0.2) is 54.2 Å². The first-order valence-electron chi connectivity index (χ1n) is 8.66. The maximum atomic E-state index is 13.0. The van der Waals surface area contributed by atoms with Gasteiger partial charge in [0.15, 0.2) is 0 Å². The Morgan fingerprint density at radius 3 is 2.74 bits per heavy atom. The Bertz CT molecular complexity index is 950. The van der Waals surface area contributed by atoms with Gasteiger partial charge in [-0.05, 0) is 17.0 Å². The number of carbonyl (C=O) groups is 2. The van der Waals surface area contributed by atoms with Crippen molar-refractivity contribution in [1.82, 2.24) is 14.5 Å². The van der Waals surface area contributed by atoms with Gasteiger partial charge in [-0.1, -0.05) is 36.4 Å². The van der Waals surface area contributed by atoms with Crippen LogP contribution in [0, 0.1) is 0 Å². The Morgan fingerprint density at radius 2 is 2.04 bits per heavy atom. The van der Waals surface area contributed by atoms with Crippen molar-refractivity contribution in [2.75, 3.05) is 7.11 Å². The highest BCUT2D eigenvalue weighted by molar-refractivity contribution is 7.12. The standard InChI is InChI=1S/C20H19N3O3S/c1-26-20(25)16-10-15-17(12-23(16)19(24)18-8-5-9-27-18)22(13-21-15)11-14-6-3-2-4-7-14/h2-9,13,16H,10-12H2,1H3/t16-/m0/s1. The van der Waals surface area contributed by atoms with E-state index in [2.05, 4.69) is 17.1 Å². The normalized spacial score (nSPS) is 16.0. The van der Waals surface area contributed by atoms with Crippen LogP contribution < -0.4 is 0 Å². The summed E-state index contributed by atoms with van der Waals surface area (Å²) < 4.78 is 6.99. The van der Waals surface area contributed by atoms with Gasteiger partial charge in [-0.15, -0.1) is 11.3 Å². The smallest absolute Gasteiger partial charge is 0.329 e. The lowest BCUT2D eigenvalue weighted by Crippen LogP contribution is -2.49. The summed E-state index contributed by atoms with van der Waals surface area (Å²) in [6.07, 6.45) is 2.14. The van der Waals surface area contributed by atoms with Gasteiger partial charge in [-0.3, -0.25) is 4.79 Å². The van der Waals surface area contributed by atoms with Crippen molar-refractivity contribution in [2.24, 2.45) is 0 Å². The molecule has 1 aromatic carbocycles. The summed E-state index contributed by atoms with van der Waals surface area (Å²) in [5, 5.41) is 1.86. The van der Waals surface area contributed by atoms with Crippen molar-refractivity contribution in [3.63, 3.8) is 0 Å². The number of amides is 1. The van der Waals surface area contributed by atoms with E-state index in [9.17, 15) is 9.59 Å². The number of ether oxygens (including phenoxy) is 1. The number of carbonyl (C=O) groups excluding carboxylic acids is 2. The zero-order chi connectivity index (χ0) is 18.8. The first-order valence-corrected chi connectivity index (χ1v) is 9.54. The molecule has 138 valence electrons. The van der Waals surface area contributed by atoms with Crippen LogP contribution in [-0.2, 0) is 29.0 Å². The van der Waals surface area contributed by atoms with Crippen LogP contribution in [0.4, 0.5) is 0 Å². The molecular formula is C20H19N3O3S. The van der Waals surface area contributed by atoms with Gasteiger partial charge in [-0.25, -0.2) is 9.78 Å². The fourth-order valence-electron chi connectivity index (χ4n) is 3.38. The molecule has 0 N–H and O–H groups in total. The molecule has 0 saturated heterocycles. The first kappa shape index (κ1) is 17.5. The predicted octanol–water partition coefficient (Wildman–Crippen LogP) is 2.73. The molecule has 7 heteroatoms. The van der Waals surface area contributed by atoms with Crippen LogP contribution in [-0.4, -0.2) is 39.5 Å². The first-order chi connectivity index (χ1) is 13.2. The van der Waals surface area contributed by atoms with Gasteiger partial charge < -0.3 is 14.2 Å². The van der Waals surface area contributed by atoms with E-state index in [0.717, 1.165) is 17.0 Å². The Hall–Kier alpha value is -2.93. The highest BCUT2D eigenvalue weighted by Crippen LogP contribution is 2.27. The average molecular weight is 381 g/mol. The summed E-state index contributed by atoms with van der Waals surface area (Å²) in [6.45, 7) is 1.01. The molecule has 1 atom stereocenters. The van der Waals surface area contributed by atoms with Crippen LogP contribution in [0.1, 0.15) is 26.6 Å². The minimum atomic E-state index is -0.655. The predicted molar refractivity (Wildman–Crippen MR) is 101 cm³/mol. The molecule has 1 aliphatic rings. The monoisotopic (exact) mass is 381 g/mol. The molecule has 0 aliphatic carbocycles. The molecule has 0 saturated carbocycles. The lowest BCUT2D eigenvalue weighted by atomic mass is 10.0. The van der Waals surface area contributed by atoms with E-state index in [1.165, 1.54) is 18.4 Å². The molecule has 27 heavy (non-hydrogen) atoms. The molecule has 3 aromatic rings. The van der Waals surface area contributed by atoms with Crippen LogP contribution in [0.3, 0.4) is 0 Å². The summed E-state index contributed by atoms with van der Waals surface area (Å²) in [4.78, 5) is 32.0. The number of imidazole rings is 1. The zero-order valence-corrected chi connectivity index (χ0v) is 15.7. The molecular weight excluding hydrogens is 362 g/mol. The molecule has 0 bridgehead atoms. The van der Waals surface area contributed by atoms with E-state index in [-0.39, 0.29) is 5.91 Å². The Balaban J connectivity index is 1.66. The summed E-state index contributed by atoms with van der Waals surface area (Å²) in [5.41, 5.74) is 2.96. The number of methoxy groups -OCH3 is 1. The van der Waals surface area contributed by atoms with Gasteiger partial charge >= 0.3 is 5.97 Å². The summed E-state index contributed by atoms with van der Waals surface area (Å²) in [6, 6.07) is 13.0. The fourth-order valence-corrected chi connectivity index (χ4v) is 4.06. The third kappa shape index (κ3) is 3.38. The number of hydrogen-bond donors (Lipinski definition) is 0. The lowest BCUT2D eigenvalue weighted by Gasteiger charge is -2.33. The van der Waals surface area contributed by atoms with Crippen molar-refractivity contribution in [2.45, 2.75) is 25.6 Å². The number of nitrogens with zero attached hydrogens (tertiary/aromatic N) is 3. The Morgan fingerprint density at radius 1 is 1.22 bits per heavy atom. The summed E-state index contributed by atoms with van der Waals surface area (Å²) in [5.74, 6) is -0.568. The molecule has 3 heterocycles. The van der Waals surface area contributed by atoms with E-state index in [1.807, 2.05) is 34.2 Å². The lowest BCUT2D eigenvalue weighted by molar-refractivity contribution is -0.146. The van der Waals surface area contributed by atoms with E-state index < -0.39 is 12.0 Å². The maximum absolute atomic E-state index is 13.0. The second kappa shape index (κ2) is 7.36. The SMILES string of the molecule is COC(=O)[C@@H]1Cc2ncn(Cc3ccccc3)c2CN1C(=O)c1cccs1. The van der Waals surface area contributed by atoms with Crippen LogP contribution >= 0.6 is 11.3 Å². The minimum Gasteiger partial charge on any atom is -0.467 e. The molecule has 1 aliphatic heterocycles. The number of esters is 1. The minimum absolute atomic E-state index is 0.154. The quantitative estimate of drug-likeness (QED) is 0.652. The topological polar surface area (TPSA) is 64.4 Å². The van der Waals surface area contributed by atoms with Crippen molar-refractivity contribution in [3.8, 4) is 0 Å². The van der Waals surface area contributed by atoms with E-state index in [0.29, 0.717) is 24.4 Å². The Kier molecular flexibility index (Phi) is 4.77. The van der Waals surface area contributed by atoms with Gasteiger partial charge in [0.2, 0.25) is 0 Å². The maximum Gasteiger partial charge on any atom is 0.329 e. The molecule has 0 fully saturated rings. The third-order valence-corrected chi connectivity index (χ3v) is 5.64. The summed E-state index contributed by atoms with van der Waals surface area (Å²) in [7, 11) is 1.35. The van der Waals surface area contributed by atoms with Crippen molar-refractivity contribution < 1.29 is 14.3 Å². The van der Waals surface area contributed by atoms with E-state index in [1.54, 1.807) is 17.3 Å². The third-order valence-electron chi connectivity index (χ3n) is 4.78. The number of thiophene rings is 1. The second-order valence-corrected chi connectivity index (χ2v) is 7.35. The van der Waals surface area contributed by atoms with Crippen molar-refractivity contribution in [1.29, 1.82) is 0 Å². The van der Waals surface area contributed by atoms with E-state index in [4.69, 9.17) is 4.74 Å². The molecule has 0 radical (unpaired) electrons. The van der Waals surface area contributed by atoms with Crippen molar-refractivity contribution >= 4 is 23.2 Å². The van der Waals surface area contributed by atoms with Crippen LogP contribution in [0.2, 0.25) is 0 Å². The largest absolute Gasteiger partial charge is 0.467 e. The summed E-state index contributed by atoms with van der Waals surface area (Å²) >= 11 is 1.37. The highest BCUT2D eigenvalue weighted by Gasteiger charge is 2.38. The molecule has 4 rings (SSSR count). The molecule has 0 spiro atoms. The number of rotatable bonds is 4. The molecule has 1 amide bonds. The number of fused-ring (bicyclic) bond motifs is 1. The van der Waals surface area contributed by atoms with Gasteiger partial charge in [-0.2, -0.15) is 0 Å². The number of hydrogen-bond acceptors (Lipinski definition) is 5. The van der Waals surface area contributed by atoms with Crippen molar-refractivity contribution in [3.05, 3.63) is 76.0 Å². The van der Waals surface area contributed by atoms with Gasteiger partial charge in [0.25, 0.3) is 5.91 Å². The second-order valence-electron chi connectivity index (χ2n) is 6.40. The molecule has 2 aromatic heterocycles. The molecule has 0 unspecified atom stereocenters. The van der Waals surface area contributed by atoms with Crippen LogP contribution in [0.25, 0.3) is 0 Å². The Labute approximate surface area is 161 Å². The molecule has 6 nitrogen and oxygen atoms in total. The zero-order valence-electron chi connectivity index (χ0n) is 14.9. The number of aromatic nitrogens is 2. The van der Waals surface area contributed by atoms with Crippen LogP contribution in [0.5, 0.6) is 0 Å².